The molecule has 0 N–H and O–H groups in total. The molecule has 1 amide bonds. The van der Waals surface area contributed by atoms with Crippen LogP contribution in [0.3, 0.4) is 0 Å². The maximum atomic E-state index is 13.5. The van der Waals surface area contributed by atoms with Crippen molar-refractivity contribution in [2.75, 3.05) is 19.8 Å². The molecule has 4 nitrogen and oxygen atoms in total. The Hall–Kier alpha value is -1.62. The molecule has 5 heteroatoms. The summed E-state index contributed by atoms with van der Waals surface area (Å²) in [5.41, 5.74) is 0. The Morgan fingerprint density at radius 1 is 1.33 bits per heavy atom. The molecule has 1 aliphatic heterocycles. The van der Waals surface area contributed by atoms with Gasteiger partial charge in [-0.2, -0.15) is 0 Å². The topological polar surface area (TPSA) is 38.8 Å². The first-order valence-corrected chi connectivity index (χ1v) is 7.54. The number of amides is 1. The number of carbonyl (C=O) groups excluding carboxylic acids is 1. The van der Waals surface area contributed by atoms with Gasteiger partial charge in [0.15, 0.2) is 18.2 Å². The van der Waals surface area contributed by atoms with Crippen molar-refractivity contribution in [1.29, 1.82) is 0 Å². The lowest BCUT2D eigenvalue weighted by Gasteiger charge is -2.43. The summed E-state index contributed by atoms with van der Waals surface area (Å²) in [5, 5.41) is 0. The average molecular weight is 293 g/mol. The average Bonchev–Trinajstić information content (AvgIpc) is 2.53. The van der Waals surface area contributed by atoms with E-state index in [1.165, 1.54) is 12.1 Å². The Morgan fingerprint density at radius 3 is 3.00 bits per heavy atom. The lowest BCUT2D eigenvalue weighted by atomic mass is 9.90. The van der Waals surface area contributed by atoms with Crippen LogP contribution in [0.2, 0.25) is 0 Å². The van der Waals surface area contributed by atoms with Gasteiger partial charge >= 0.3 is 0 Å². The van der Waals surface area contributed by atoms with Gasteiger partial charge < -0.3 is 14.4 Å². The first-order chi connectivity index (χ1) is 10.3. The highest BCUT2D eigenvalue weighted by Crippen LogP contribution is 2.28. The maximum Gasteiger partial charge on any atom is 0.260 e. The van der Waals surface area contributed by atoms with Crippen LogP contribution in [0.5, 0.6) is 5.75 Å². The van der Waals surface area contributed by atoms with Crippen LogP contribution in [0, 0.1) is 5.82 Å². The molecule has 1 aliphatic carbocycles. The molecule has 0 aromatic heterocycles. The Balaban J connectivity index is 1.60. The largest absolute Gasteiger partial charge is 0.481 e. The standard InChI is InChI=1S/C16H20FNO3/c17-12-5-1-3-7-14(12)21-11-16(19)18-9-10-20-15-8-4-2-6-13(15)18/h1,3,5,7,13,15H,2,4,6,8-11H2/t13-,15+/m1/s1. The first-order valence-electron chi connectivity index (χ1n) is 7.54. The number of hydrogen-bond acceptors (Lipinski definition) is 3. The Morgan fingerprint density at radius 2 is 2.14 bits per heavy atom. The van der Waals surface area contributed by atoms with Crippen molar-refractivity contribution in [3.8, 4) is 5.75 Å². The van der Waals surface area contributed by atoms with Crippen molar-refractivity contribution in [3.05, 3.63) is 30.1 Å². The van der Waals surface area contributed by atoms with Gasteiger partial charge in [0, 0.05) is 6.54 Å². The minimum absolute atomic E-state index is 0.0848. The predicted octanol–water partition coefficient (Wildman–Crippen LogP) is 2.37. The van der Waals surface area contributed by atoms with Crippen molar-refractivity contribution < 1.29 is 18.7 Å². The van der Waals surface area contributed by atoms with E-state index in [-0.39, 0.29) is 30.4 Å². The molecule has 2 aliphatic rings. The SMILES string of the molecule is O=C(COc1ccccc1F)N1CCO[C@H]2CCCC[C@H]21. The van der Waals surface area contributed by atoms with Gasteiger partial charge in [0.2, 0.25) is 0 Å². The van der Waals surface area contributed by atoms with E-state index in [2.05, 4.69) is 0 Å². The number of morpholine rings is 1. The Kier molecular flexibility index (Phi) is 4.39. The van der Waals surface area contributed by atoms with Crippen molar-refractivity contribution in [3.63, 3.8) is 0 Å². The summed E-state index contributed by atoms with van der Waals surface area (Å²) in [7, 11) is 0. The van der Waals surface area contributed by atoms with Crippen LogP contribution in [0.25, 0.3) is 0 Å². The number of halogens is 1. The minimum atomic E-state index is -0.442. The van der Waals surface area contributed by atoms with Gasteiger partial charge in [0.1, 0.15) is 0 Å². The third-order valence-corrected chi connectivity index (χ3v) is 4.24. The quantitative estimate of drug-likeness (QED) is 0.859. The first kappa shape index (κ1) is 14.3. The molecule has 2 atom stereocenters. The van der Waals surface area contributed by atoms with Crippen LogP contribution >= 0.6 is 0 Å². The molecule has 0 radical (unpaired) electrons. The van der Waals surface area contributed by atoms with Crippen LogP contribution in [0.4, 0.5) is 4.39 Å². The number of fused-ring (bicyclic) bond motifs is 1. The fourth-order valence-electron chi connectivity index (χ4n) is 3.19. The molecular formula is C16H20FNO3. The van der Waals surface area contributed by atoms with Crippen LogP contribution in [-0.4, -0.2) is 42.7 Å². The normalized spacial score (nSPS) is 25.3. The van der Waals surface area contributed by atoms with E-state index in [0.717, 1.165) is 25.7 Å². The van der Waals surface area contributed by atoms with Gasteiger partial charge in [0.05, 0.1) is 18.8 Å². The van der Waals surface area contributed by atoms with E-state index in [9.17, 15) is 9.18 Å². The smallest absolute Gasteiger partial charge is 0.260 e. The van der Waals surface area contributed by atoms with Gasteiger partial charge in [0.25, 0.3) is 5.91 Å². The highest BCUT2D eigenvalue weighted by molar-refractivity contribution is 5.78. The zero-order valence-electron chi connectivity index (χ0n) is 12.0. The Labute approximate surface area is 123 Å². The Bertz CT molecular complexity index is 506. The number of para-hydroxylation sites is 1. The van der Waals surface area contributed by atoms with E-state index in [1.807, 2.05) is 4.90 Å². The monoisotopic (exact) mass is 293 g/mol. The highest BCUT2D eigenvalue weighted by Gasteiger charge is 2.36. The number of rotatable bonds is 3. The fraction of sp³-hybridized carbons (Fsp3) is 0.562. The zero-order chi connectivity index (χ0) is 14.7. The van der Waals surface area contributed by atoms with Gasteiger partial charge in [-0.05, 0) is 25.0 Å². The second kappa shape index (κ2) is 6.43. The lowest BCUT2D eigenvalue weighted by Crippen LogP contribution is -2.55. The molecule has 1 aromatic carbocycles. The molecule has 3 rings (SSSR count). The van der Waals surface area contributed by atoms with E-state index < -0.39 is 5.82 Å². The predicted molar refractivity (Wildman–Crippen MR) is 75.6 cm³/mol. The number of ether oxygens (including phenoxy) is 2. The highest BCUT2D eigenvalue weighted by atomic mass is 19.1. The van der Waals surface area contributed by atoms with E-state index in [1.54, 1.807) is 12.1 Å². The molecule has 1 saturated heterocycles. The van der Waals surface area contributed by atoms with Crippen molar-refractivity contribution in [1.82, 2.24) is 4.90 Å². The second-order valence-corrected chi connectivity index (χ2v) is 5.57. The molecular weight excluding hydrogens is 273 g/mol. The lowest BCUT2D eigenvalue weighted by molar-refractivity contribution is -0.151. The fourth-order valence-corrected chi connectivity index (χ4v) is 3.19. The van der Waals surface area contributed by atoms with Crippen LogP contribution in [-0.2, 0) is 9.53 Å². The minimum Gasteiger partial charge on any atom is -0.481 e. The summed E-state index contributed by atoms with van der Waals surface area (Å²) in [4.78, 5) is 14.2. The number of carbonyl (C=O) groups is 1. The van der Waals surface area contributed by atoms with E-state index in [4.69, 9.17) is 9.47 Å². The van der Waals surface area contributed by atoms with E-state index in [0.29, 0.717) is 13.2 Å². The third-order valence-electron chi connectivity index (χ3n) is 4.24. The summed E-state index contributed by atoms with van der Waals surface area (Å²) in [6, 6.07) is 6.30. The van der Waals surface area contributed by atoms with Crippen molar-refractivity contribution in [2.45, 2.75) is 37.8 Å². The number of hydrogen-bond donors (Lipinski definition) is 0. The molecule has 0 spiro atoms. The van der Waals surface area contributed by atoms with Crippen LogP contribution in [0.1, 0.15) is 25.7 Å². The molecule has 2 fully saturated rings. The van der Waals surface area contributed by atoms with Gasteiger partial charge in [-0.3, -0.25) is 4.79 Å². The zero-order valence-corrected chi connectivity index (χ0v) is 12.0. The van der Waals surface area contributed by atoms with Gasteiger partial charge in [-0.15, -0.1) is 0 Å². The van der Waals surface area contributed by atoms with Crippen LogP contribution in [0.15, 0.2) is 24.3 Å². The molecule has 21 heavy (non-hydrogen) atoms. The molecule has 1 saturated carbocycles. The van der Waals surface area contributed by atoms with Gasteiger partial charge in [-0.25, -0.2) is 4.39 Å². The number of benzene rings is 1. The summed E-state index contributed by atoms with van der Waals surface area (Å²) in [5.74, 6) is -0.402. The molecule has 1 aromatic rings. The number of nitrogens with zero attached hydrogens (tertiary/aromatic N) is 1. The van der Waals surface area contributed by atoms with Crippen molar-refractivity contribution in [2.24, 2.45) is 0 Å². The van der Waals surface area contributed by atoms with Crippen LogP contribution < -0.4 is 4.74 Å². The summed E-state index contributed by atoms with van der Waals surface area (Å²) >= 11 is 0. The van der Waals surface area contributed by atoms with Crippen molar-refractivity contribution >= 4 is 5.91 Å². The summed E-state index contributed by atoms with van der Waals surface area (Å²) < 4.78 is 24.6. The second-order valence-electron chi connectivity index (χ2n) is 5.57. The van der Waals surface area contributed by atoms with Gasteiger partial charge in [-0.1, -0.05) is 25.0 Å². The van der Waals surface area contributed by atoms with E-state index >= 15 is 0 Å². The molecule has 114 valence electrons. The third kappa shape index (κ3) is 3.18. The summed E-state index contributed by atoms with van der Waals surface area (Å²) in [6.07, 6.45) is 4.45. The summed E-state index contributed by atoms with van der Waals surface area (Å²) in [6.45, 7) is 1.05. The maximum absolute atomic E-state index is 13.5. The molecule has 0 bridgehead atoms. The molecule has 1 heterocycles. The molecule has 0 unspecified atom stereocenters.